The number of alkyl halides is 3. The Morgan fingerprint density at radius 3 is 2.65 bits per heavy atom. The quantitative estimate of drug-likeness (QED) is 0.478. The van der Waals surface area contributed by atoms with Gasteiger partial charge < -0.3 is 28.9 Å². The third kappa shape index (κ3) is 4.20. The maximum Gasteiger partial charge on any atom is 0.416 e. The molecule has 0 saturated heterocycles. The largest absolute Gasteiger partial charge is 1.00 e. The lowest BCUT2D eigenvalue weighted by Gasteiger charge is -2.14. The van der Waals surface area contributed by atoms with Crippen LogP contribution < -0.4 is 28.9 Å². The van der Waals surface area contributed by atoms with Crippen LogP contribution in [-0.2, 0) is 6.18 Å². The highest BCUT2D eigenvalue weighted by Gasteiger charge is 2.31. The number of hydrogen-bond donors (Lipinski definition) is 1. The molecule has 2 rings (SSSR count). The number of carbonyl (C=O) groups is 1. The van der Waals surface area contributed by atoms with E-state index in [2.05, 4.69) is 0 Å². The summed E-state index contributed by atoms with van der Waals surface area (Å²) < 4.78 is 37.7. The first-order valence-corrected chi connectivity index (χ1v) is 5.81. The van der Waals surface area contributed by atoms with E-state index in [1.807, 2.05) is 13.2 Å². The van der Waals surface area contributed by atoms with E-state index in [9.17, 15) is 18.0 Å². The molecule has 20 heavy (non-hydrogen) atoms. The minimum Gasteiger partial charge on any atom is -1.00 e. The summed E-state index contributed by atoms with van der Waals surface area (Å²) in [5, 5.41) is 0. The predicted octanol–water partition coefficient (Wildman–Crippen LogP) is -1.85. The van der Waals surface area contributed by atoms with Crippen LogP contribution in [0.5, 0.6) is 0 Å². The van der Waals surface area contributed by atoms with Crippen LogP contribution in [0.25, 0.3) is 0 Å². The molecule has 0 saturated carbocycles. The Morgan fingerprint density at radius 2 is 2.10 bits per heavy atom. The van der Waals surface area contributed by atoms with Gasteiger partial charge in [-0.15, -0.1) is 0 Å². The van der Waals surface area contributed by atoms with Gasteiger partial charge in [-0.2, -0.15) is 13.2 Å². The Labute approximate surface area is 132 Å². The standard InChI is InChI=1S/C13H13F3N2O.HI/c1-17-5-6-18(9-17)8-12(19)10-3-2-4-11(7-10)13(14,15)16;/h2-7H,8-9H2,1H3;1H. The van der Waals surface area contributed by atoms with Gasteiger partial charge in [-0.25, -0.2) is 0 Å². The molecule has 1 aliphatic rings. The molecule has 0 amide bonds. The average Bonchev–Trinajstić information content (AvgIpc) is 2.74. The number of carbonyl (C=O) groups excluding carboxylic acids is 1. The van der Waals surface area contributed by atoms with Crippen molar-refractivity contribution in [3.8, 4) is 0 Å². The Bertz CT molecular complexity index is 517. The van der Waals surface area contributed by atoms with Crippen LogP contribution in [0.3, 0.4) is 0 Å². The van der Waals surface area contributed by atoms with Crippen molar-refractivity contribution in [2.45, 2.75) is 6.18 Å². The van der Waals surface area contributed by atoms with Gasteiger partial charge in [0.2, 0.25) is 0 Å². The molecule has 0 spiro atoms. The van der Waals surface area contributed by atoms with Gasteiger partial charge in [-0.1, -0.05) is 12.1 Å². The van der Waals surface area contributed by atoms with Crippen molar-refractivity contribution < 1.29 is 46.8 Å². The smallest absolute Gasteiger partial charge is 0.416 e. The minimum atomic E-state index is -4.42. The Morgan fingerprint density at radius 1 is 1.40 bits per heavy atom. The first-order chi connectivity index (χ1) is 8.86. The third-order valence-electron chi connectivity index (χ3n) is 2.88. The lowest BCUT2D eigenvalue weighted by molar-refractivity contribution is -0.826. The second-order valence-corrected chi connectivity index (χ2v) is 4.57. The second kappa shape index (κ2) is 6.57. The van der Waals surface area contributed by atoms with Crippen molar-refractivity contribution in [2.24, 2.45) is 0 Å². The van der Waals surface area contributed by atoms with Crippen molar-refractivity contribution in [3.63, 3.8) is 0 Å². The fourth-order valence-corrected chi connectivity index (χ4v) is 1.91. The monoisotopic (exact) mass is 398 g/mol. The zero-order chi connectivity index (χ0) is 14.0. The molecule has 110 valence electrons. The van der Waals surface area contributed by atoms with Gasteiger partial charge in [0, 0.05) is 5.56 Å². The molecule has 0 radical (unpaired) electrons. The highest BCUT2D eigenvalue weighted by atomic mass is 127. The van der Waals surface area contributed by atoms with Gasteiger partial charge >= 0.3 is 6.18 Å². The van der Waals surface area contributed by atoms with Gasteiger partial charge in [0.05, 0.1) is 25.4 Å². The number of ketones is 1. The molecule has 7 heteroatoms. The Balaban J connectivity index is 0.00000200. The number of nitrogens with zero attached hydrogens (tertiary/aromatic N) is 1. The summed E-state index contributed by atoms with van der Waals surface area (Å²) in [5.74, 6) is -0.314. The third-order valence-corrected chi connectivity index (χ3v) is 2.88. The van der Waals surface area contributed by atoms with Crippen LogP contribution in [0.15, 0.2) is 36.7 Å². The molecule has 1 aliphatic heterocycles. The van der Waals surface area contributed by atoms with E-state index in [-0.39, 0.29) is 41.9 Å². The topological polar surface area (TPSA) is 24.8 Å². The molecule has 0 bridgehead atoms. The second-order valence-electron chi connectivity index (χ2n) is 4.57. The van der Waals surface area contributed by atoms with Crippen molar-refractivity contribution in [2.75, 3.05) is 20.3 Å². The molecule has 1 N–H and O–H groups in total. The maximum absolute atomic E-state index is 12.6. The van der Waals surface area contributed by atoms with Crippen molar-refractivity contribution in [1.29, 1.82) is 0 Å². The molecule has 3 nitrogen and oxygen atoms in total. The van der Waals surface area contributed by atoms with E-state index in [4.69, 9.17) is 0 Å². The SMILES string of the molecule is C[NH+]1C=CN(CC(=O)c2cccc(C(F)(F)F)c2)C1.[I-]. The minimum absolute atomic E-state index is 0. The van der Waals surface area contributed by atoms with Crippen LogP contribution in [0.1, 0.15) is 15.9 Å². The number of nitrogens with one attached hydrogen (secondary N) is 1. The summed E-state index contributed by atoms with van der Waals surface area (Å²) in [6.45, 7) is 0.736. The lowest BCUT2D eigenvalue weighted by atomic mass is 10.1. The first-order valence-electron chi connectivity index (χ1n) is 5.81. The van der Waals surface area contributed by atoms with Gasteiger partial charge in [0.25, 0.3) is 0 Å². The van der Waals surface area contributed by atoms with Crippen LogP contribution in [0.4, 0.5) is 13.2 Å². The molecule has 1 aromatic rings. The fourth-order valence-electron chi connectivity index (χ4n) is 1.91. The van der Waals surface area contributed by atoms with Gasteiger partial charge in [-0.3, -0.25) is 9.69 Å². The molecule has 1 unspecified atom stereocenters. The van der Waals surface area contributed by atoms with E-state index in [0.717, 1.165) is 17.0 Å². The molecule has 0 aliphatic carbocycles. The first kappa shape index (κ1) is 17.0. The van der Waals surface area contributed by atoms with Gasteiger partial charge in [0.1, 0.15) is 6.20 Å². The van der Waals surface area contributed by atoms with Gasteiger partial charge in [-0.05, 0) is 12.1 Å². The molecule has 0 fully saturated rings. The van der Waals surface area contributed by atoms with Crippen LogP contribution in [-0.4, -0.2) is 30.9 Å². The number of Topliss-reactive ketones (excluding diaryl/α,β-unsaturated/α-hetero) is 1. The van der Waals surface area contributed by atoms with E-state index in [1.165, 1.54) is 12.1 Å². The number of quaternary nitrogens is 1. The van der Waals surface area contributed by atoms with E-state index < -0.39 is 11.7 Å². The lowest BCUT2D eigenvalue weighted by Crippen LogP contribution is -3.03. The molecule has 0 aromatic heterocycles. The average molecular weight is 398 g/mol. The molecular weight excluding hydrogens is 384 g/mol. The summed E-state index contributed by atoms with van der Waals surface area (Å²) >= 11 is 0. The van der Waals surface area contributed by atoms with Gasteiger partial charge in [0.15, 0.2) is 12.5 Å². The highest BCUT2D eigenvalue weighted by Crippen LogP contribution is 2.29. The van der Waals surface area contributed by atoms with Crippen LogP contribution in [0, 0.1) is 0 Å². The number of rotatable bonds is 3. The van der Waals surface area contributed by atoms with Crippen molar-refractivity contribution >= 4 is 5.78 Å². The summed E-state index contributed by atoms with van der Waals surface area (Å²) in [4.78, 5) is 14.8. The zero-order valence-electron chi connectivity index (χ0n) is 10.7. The molecular formula is C13H14F3IN2O. The number of hydrogen-bond acceptors (Lipinski definition) is 2. The summed E-state index contributed by atoms with van der Waals surface area (Å²) in [7, 11) is 1.94. The van der Waals surface area contributed by atoms with Crippen LogP contribution >= 0.6 is 0 Å². The van der Waals surface area contributed by atoms with Crippen molar-refractivity contribution in [3.05, 3.63) is 47.8 Å². The fraction of sp³-hybridized carbons (Fsp3) is 0.308. The number of benzene rings is 1. The molecule has 1 heterocycles. The number of halogens is 4. The Kier molecular flexibility index (Phi) is 5.58. The van der Waals surface area contributed by atoms with E-state index >= 15 is 0 Å². The normalized spacial score (nSPS) is 18.0. The maximum atomic E-state index is 12.6. The molecule has 1 atom stereocenters. The zero-order valence-corrected chi connectivity index (χ0v) is 12.9. The highest BCUT2D eigenvalue weighted by molar-refractivity contribution is 5.97. The predicted molar refractivity (Wildman–Crippen MR) is 63.4 cm³/mol. The van der Waals surface area contributed by atoms with E-state index in [0.29, 0.717) is 6.67 Å². The summed E-state index contributed by atoms with van der Waals surface area (Å²) in [6.07, 6.45) is -0.755. The Hall–Kier alpha value is -1.09. The van der Waals surface area contributed by atoms with E-state index in [1.54, 1.807) is 11.1 Å². The van der Waals surface area contributed by atoms with Crippen molar-refractivity contribution in [1.82, 2.24) is 4.90 Å². The summed E-state index contributed by atoms with van der Waals surface area (Å²) in [5.41, 5.74) is -0.703. The van der Waals surface area contributed by atoms with Crippen LogP contribution in [0.2, 0.25) is 0 Å². The summed E-state index contributed by atoms with van der Waals surface area (Å²) in [6, 6.07) is 4.53. The molecule has 1 aromatic carbocycles.